The van der Waals surface area contributed by atoms with Gasteiger partial charge in [-0.15, -0.1) is 0 Å². The van der Waals surface area contributed by atoms with E-state index in [9.17, 15) is 14.4 Å². The lowest BCUT2D eigenvalue weighted by atomic mass is 9.92. The van der Waals surface area contributed by atoms with Crippen LogP contribution in [0.1, 0.15) is 76.3 Å². The molecule has 3 aliphatic rings. The molecule has 3 amide bonds. The van der Waals surface area contributed by atoms with E-state index in [1.54, 1.807) is 18.9 Å². The lowest BCUT2D eigenvalue weighted by Crippen LogP contribution is -2.54. The van der Waals surface area contributed by atoms with Crippen LogP contribution >= 0.6 is 0 Å². The third-order valence-electron chi connectivity index (χ3n) is 13.4. The van der Waals surface area contributed by atoms with Crippen molar-refractivity contribution in [3.8, 4) is 28.1 Å². The number of amides is 3. The molecule has 5 heterocycles. The number of nitrogens with one attached hydrogen (secondary N) is 4. The predicted octanol–water partition coefficient (Wildman–Crippen LogP) is 7.11. The van der Waals surface area contributed by atoms with Crippen LogP contribution in [-0.4, -0.2) is 121 Å². The van der Waals surface area contributed by atoms with Gasteiger partial charge in [0.15, 0.2) is 0 Å². The molecule has 3 aromatic carbocycles. The largest absolute Gasteiger partial charge is 0.488 e. The Morgan fingerprint density at radius 3 is 2.46 bits per heavy atom. The number of carbonyl (C=O) groups excluding carboxylic acids is 3. The van der Waals surface area contributed by atoms with Gasteiger partial charge in [-0.25, -0.2) is 19.6 Å². The monoisotopic (exact) mass is 864 g/mol. The molecule has 0 radical (unpaired) electrons. The Balaban J connectivity index is 1.04. The van der Waals surface area contributed by atoms with Gasteiger partial charge >= 0.3 is 12.2 Å². The van der Waals surface area contributed by atoms with E-state index in [2.05, 4.69) is 82.7 Å². The van der Waals surface area contributed by atoms with Crippen LogP contribution < -0.4 is 15.4 Å². The number of fused-ring (bicyclic) bond motifs is 6. The molecular weight excluding hydrogens is 805 g/mol. The van der Waals surface area contributed by atoms with Crippen LogP contribution in [-0.2, 0) is 30.3 Å². The van der Waals surface area contributed by atoms with Gasteiger partial charge < -0.3 is 49.2 Å². The van der Waals surface area contributed by atoms with E-state index in [1.807, 2.05) is 12.3 Å². The summed E-state index contributed by atoms with van der Waals surface area (Å²) in [5.41, 5.74) is 6.82. The first-order chi connectivity index (χ1) is 30.4. The number of nitrogens with zero attached hydrogens (tertiary/aromatic N) is 4. The van der Waals surface area contributed by atoms with Crippen LogP contribution in [0.3, 0.4) is 0 Å². The number of imidazole rings is 2. The van der Waals surface area contributed by atoms with Crippen molar-refractivity contribution in [3.63, 3.8) is 0 Å². The molecule has 336 valence electrons. The third kappa shape index (κ3) is 8.80. The fourth-order valence-electron chi connectivity index (χ4n) is 9.69. The molecule has 0 saturated carbocycles. The van der Waals surface area contributed by atoms with Crippen molar-refractivity contribution in [3.05, 3.63) is 65.9 Å². The van der Waals surface area contributed by atoms with E-state index in [4.69, 9.17) is 33.7 Å². The van der Waals surface area contributed by atoms with Gasteiger partial charge in [0.05, 0.1) is 61.9 Å². The number of aromatic nitrogens is 4. The molecule has 16 nitrogen and oxygen atoms in total. The topological polar surface area (TPSA) is 185 Å². The molecule has 16 heteroatoms. The number of rotatable bonds is 14. The summed E-state index contributed by atoms with van der Waals surface area (Å²) in [7, 11) is 5.83. The number of aromatic amines is 2. The van der Waals surface area contributed by atoms with E-state index in [-0.39, 0.29) is 30.0 Å². The van der Waals surface area contributed by atoms with Crippen molar-refractivity contribution >= 4 is 39.9 Å². The fraction of sp³-hybridized carbons (Fsp3) is 0.511. The SMILES string of the molecule is CC[C@H](C)[C@@H](CN1C[C@@H](C)C[C@H]1c1ncc(-c2ccc3c(c2)COc2cc4c(ccc5nc([C@@H]6C[C@H](COC)CN6C(=O)[C@@H](NC(=O)OC)[C@@H](C)OC)[nH]c54)cc2-3)[nH]1)NC(=O)OC. The quantitative estimate of drug-likeness (QED) is 0.0892. The van der Waals surface area contributed by atoms with Crippen LogP contribution in [0.4, 0.5) is 9.59 Å². The molecule has 3 aliphatic heterocycles. The minimum absolute atomic E-state index is 0.0364. The fourth-order valence-corrected chi connectivity index (χ4v) is 9.69. The van der Waals surface area contributed by atoms with Crippen LogP contribution in [0.5, 0.6) is 5.75 Å². The first-order valence-corrected chi connectivity index (χ1v) is 22.0. The van der Waals surface area contributed by atoms with Crippen molar-refractivity contribution in [2.45, 2.75) is 83.8 Å². The number of methoxy groups -OCH3 is 4. The van der Waals surface area contributed by atoms with Gasteiger partial charge in [-0.2, -0.15) is 0 Å². The van der Waals surface area contributed by atoms with Gasteiger partial charge in [0.2, 0.25) is 5.91 Å². The first kappa shape index (κ1) is 43.9. The average Bonchev–Trinajstić information content (AvgIpc) is 4.12. The molecule has 8 rings (SSSR count). The molecule has 2 saturated heterocycles. The highest BCUT2D eigenvalue weighted by Crippen LogP contribution is 2.44. The summed E-state index contributed by atoms with van der Waals surface area (Å²) in [6.07, 6.45) is 2.76. The van der Waals surface area contributed by atoms with Crippen molar-refractivity contribution in [2.24, 2.45) is 17.8 Å². The molecule has 2 aromatic heterocycles. The van der Waals surface area contributed by atoms with Gasteiger partial charge in [-0.3, -0.25) is 9.69 Å². The highest BCUT2D eigenvalue weighted by Gasteiger charge is 2.43. The zero-order valence-electron chi connectivity index (χ0n) is 37.4. The molecule has 0 spiro atoms. The Morgan fingerprint density at radius 2 is 1.71 bits per heavy atom. The van der Waals surface area contributed by atoms with Gasteiger partial charge in [0.25, 0.3) is 0 Å². The van der Waals surface area contributed by atoms with Gasteiger partial charge in [0, 0.05) is 56.8 Å². The number of hydrogen-bond acceptors (Lipinski definition) is 11. The molecule has 5 aromatic rings. The number of benzene rings is 3. The summed E-state index contributed by atoms with van der Waals surface area (Å²) in [4.78, 5) is 60.0. The molecule has 0 bridgehead atoms. The summed E-state index contributed by atoms with van der Waals surface area (Å²) in [5.74, 6) is 2.94. The van der Waals surface area contributed by atoms with E-state index < -0.39 is 24.3 Å². The number of H-pyrrole nitrogens is 2. The number of hydrogen-bond donors (Lipinski definition) is 4. The van der Waals surface area contributed by atoms with Gasteiger partial charge in [0.1, 0.15) is 30.0 Å². The third-order valence-corrected chi connectivity index (χ3v) is 13.4. The number of alkyl carbamates (subject to hydrolysis) is 2. The summed E-state index contributed by atoms with van der Waals surface area (Å²) in [6.45, 7) is 11.3. The zero-order valence-corrected chi connectivity index (χ0v) is 37.4. The standard InChI is InChI=1S/C47H60N8O8/c1-9-26(3)37(51-46(57)61-7)22-54-20-25(2)14-38(54)43-48-19-36(50-43)30-10-12-32-31(16-30)24-63-40-18-33-29(17-34(32)40)11-13-35-42(33)52-44(49-35)39-15-28(23-59-5)21-55(39)45(56)41(27(4)60-6)53-47(58)62-8/h10-13,16-19,25-28,37-39,41H,9,14-15,20-24H2,1-8H3,(H,48,50)(H,49,52)(H,51,57)(H,53,58)/t25-,26-,27+,28-,37+,38-,39-,41-/m0/s1. The average molecular weight is 865 g/mol. The number of likely N-dealkylation sites (tertiary alicyclic amines) is 2. The Bertz CT molecular complexity index is 2470. The smallest absolute Gasteiger partial charge is 0.407 e. The molecule has 0 aliphatic carbocycles. The minimum Gasteiger partial charge on any atom is -0.488 e. The zero-order chi connectivity index (χ0) is 44.5. The highest BCUT2D eigenvalue weighted by molar-refractivity contribution is 6.07. The maximum atomic E-state index is 14.1. The van der Waals surface area contributed by atoms with Gasteiger partial charge in [-0.05, 0) is 77.9 Å². The van der Waals surface area contributed by atoms with Crippen LogP contribution in [0, 0.1) is 17.8 Å². The summed E-state index contributed by atoms with van der Waals surface area (Å²) in [5, 5.41) is 7.72. The normalized spacial score (nSPS) is 21.6. The Hall–Kier alpha value is -5.71. The lowest BCUT2D eigenvalue weighted by Gasteiger charge is -2.31. The molecule has 63 heavy (non-hydrogen) atoms. The van der Waals surface area contributed by atoms with Crippen LogP contribution in [0.25, 0.3) is 44.2 Å². The van der Waals surface area contributed by atoms with E-state index in [0.29, 0.717) is 50.4 Å². The second-order valence-electron chi connectivity index (χ2n) is 17.6. The molecular formula is C47H60N8O8. The highest BCUT2D eigenvalue weighted by atomic mass is 16.5. The van der Waals surface area contributed by atoms with Crippen LogP contribution in [0.15, 0.2) is 48.7 Å². The summed E-state index contributed by atoms with van der Waals surface area (Å²) in [6, 6.07) is 13.5. The Labute approximate surface area is 367 Å². The minimum atomic E-state index is -0.959. The maximum Gasteiger partial charge on any atom is 0.407 e. The molecule has 8 atom stereocenters. The number of carbonyl (C=O) groups is 3. The van der Waals surface area contributed by atoms with Gasteiger partial charge in [-0.1, -0.05) is 45.4 Å². The Morgan fingerprint density at radius 1 is 0.921 bits per heavy atom. The predicted molar refractivity (Wildman–Crippen MR) is 238 cm³/mol. The summed E-state index contributed by atoms with van der Waals surface area (Å²) >= 11 is 0. The maximum absolute atomic E-state index is 14.1. The first-order valence-electron chi connectivity index (χ1n) is 22.0. The van der Waals surface area contributed by atoms with Crippen LogP contribution in [0.2, 0.25) is 0 Å². The van der Waals surface area contributed by atoms with Crippen molar-refractivity contribution in [1.82, 2.24) is 40.4 Å². The molecule has 4 N–H and O–H groups in total. The number of ether oxygens (including phenoxy) is 5. The Kier molecular flexibility index (Phi) is 12.9. The second-order valence-corrected chi connectivity index (χ2v) is 17.6. The molecule has 0 unspecified atom stereocenters. The lowest BCUT2D eigenvalue weighted by molar-refractivity contribution is -0.137. The van der Waals surface area contributed by atoms with E-state index in [1.165, 1.54) is 21.3 Å². The van der Waals surface area contributed by atoms with E-state index in [0.717, 1.165) is 80.7 Å². The van der Waals surface area contributed by atoms with Crippen molar-refractivity contribution < 1.29 is 38.1 Å². The summed E-state index contributed by atoms with van der Waals surface area (Å²) < 4.78 is 27.3. The molecule has 2 fully saturated rings. The van der Waals surface area contributed by atoms with Crippen molar-refractivity contribution in [2.75, 3.05) is 54.7 Å². The van der Waals surface area contributed by atoms with Crippen molar-refractivity contribution in [1.29, 1.82) is 0 Å². The van der Waals surface area contributed by atoms with E-state index >= 15 is 0 Å². The second kappa shape index (κ2) is 18.6.